The van der Waals surface area contributed by atoms with Gasteiger partial charge in [0.15, 0.2) is 0 Å². The van der Waals surface area contributed by atoms with Gasteiger partial charge in [0, 0.05) is 26.2 Å². The molecule has 0 aliphatic heterocycles. The van der Waals surface area contributed by atoms with Crippen molar-refractivity contribution in [1.29, 1.82) is 0 Å². The van der Waals surface area contributed by atoms with Crippen LogP contribution in [0.2, 0.25) is 0 Å². The van der Waals surface area contributed by atoms with E-state index in [-0.39, 0.29) is 5.41 Å². The molecule has 0 fully saturated rings. The number of fused-ring (bicyclic) bond motifs is 3. The summed E-state index contributed by atoms with van der Waals surface area (Å²) in [5, 5.41) is 5.29. The Balaban J connectivity index is 1.49. The lowest BCUT2D eigenvalue weighted by atomic mass is 9.82. The standard InChI is InChI=1S/C34H33NS2/c1-20(2)15-28-21(3)36-31-18-23(11-12-27(28)31)30-19-24-13-14-35-32(33(24)37-30)25-16-22-9-7-8-10-26(22)29(17-25)34(4,5)6/h7-14,16-20H,15H2,1-6H3. The van der Waals surface area contributed by atoms with Crippen LogP contribution in [-0.2, 0) is 11.8 Å². The summed E-state index contributed by atoms with van der Waals surface area (Å²) in [4.78, 5) is 7.68. The number of rotatable bonds is 4. The lowest BCUT2D eigenvalue weighted by Crippen LogP contribution is -2.12. The van der Waals surface area contributed by atoms with Crippen molar-refractivity contribution in [3.05, 3.63) is 88.9 Å². The zero-order valence-corrected chi connectivity index (χ0v) is 24.1. The van der Waals surface area contributed by atoms with Crippen LogP contribution in [0.15, 0.2) is 72.9 Å². The zero-order valence-electron chi connectivity index (χ0n) is 22.5. The summed E-state index contributed by atoms with van der Waals surface area (Å²) in [5.41, 5.74) is 6.52. The number of thiophene rings is 2. The molecule has 3 aromatic carbocycles. The molecule has 0 amide bonds. The number of benzene rings is 3. The molecule has 0 aliphatic carbocycles. The molecule has 0 saturated heterocycles. The molecular weight excluding hydrogens is 487 g/mol. The highest BCUT2D eigenvalue weighted by molar-refractivity contribution is 7.23. The second-order valence-corrected chi connectivity index (χ2v) is 13.9. The molecule has 0 spiro atoms. The average Bonchev–Trinajstić information content (AvgIpc) is 3.43. The summed E-state index contributed by atoms with van der Waals surface area (Å²) < 4.78 is 2.65. The van der Waals surface area contributed by atoms with Gasteiger partial charge in [-0.15, -0.1) is 22.7 Å². The molecule has 6 rings (SSSR count). The summed E-state index contributed by atoms with van der Waals surface area (Å²) in [6, 6.07) is 24.9. The number of nitrogens with zero attached hydrogens (tertiary/aromatic N) is 1. The molecule has 37 heavy (non-hydrogen) atoms. The average molecular weight is 520 g/mol. The molecule has 3 heterocycles. The second kappa shape index (κ2) is 9.08. The maximum atomic E-state index is 4.92. The summed E-state index contributed by atoms with van der Waals surface area (Å²) in [5.74, 6) is 0.665. The van der Waals surface area contributed by atoms with Gasteiger partial charge in [-0.25, -0.2) is 0 Å². The monoisotopic (exact) mass is 519 g/mol. The number of hydrogen-bond acceptors (Lipinski definition) is 3. The fourth-order valence-electron chi connectivity index (χ4n) is 5.47. The smallest absolute Gasteiger partial charge is 0.0880 e. The molecule has 0 radical (unpaired) electrons. The van der Waals surface area contributed by atoms with Crippen LogP contribution in [0.1, 0.15) is 50.6 Å². The van der Waals surface area contributed by atoms with Gasteiger partial charge in [0.05, 0.1) is 10.4 Å². The quantitative estimate of drug-likeness (QED) is 0.226. The lowest BCUT2D eigenvalue weighted by molar-refractivity contribution is 0.596. The van der Waals surface area contributed by atoms with E-state index in [0.717, 1.165) is 12.1 Å². The third-order valence-electron chi connectivity index (χ3n) is 7.27. The van der Waals surface area contributed by atoms with E-state index < -0.39 is 0 Å². The number of aryl methyl sites for hydroxylation is 1. The highest BCUT2D eigenvalue weighted by Crippen LogP contribution is 2.42. The maximum Gasteiger partial charge on any atom is 0.0880 e. The SMILES string of the molecule is Cc1sc2cc(-c3cc4ccnc(-c5cc(C(C)(C)C)c6ccccc6c5)c4s3)ccc2c1CC(C)C. The van der Waals surface area contributed by atoms with E-state index in [4.69, 9.17) is 4.98 Å². The predicted octanol–water partition coefficient (Wildman–Crippen LogP) is 10.8. The highest BCUT2D eigenvalue weighted by atomic mass is 32.1. The summed E-state index contributed by atoms with van der Waals surface area (Å²) in [7, 11) is 0. The van der Waals surface area contributed by atoms with Crippen LogP contribution in [0, 0.1) is 12.8 Å². The van der Waals surface area contributed by atoms with Crippen molar-refractivity contribution in [3.63, 3.8) is 0 Å². The molecule has 0 saturated carbocycles. The third-order valence-corrected chi connectivity index (χ3v) is 9.59. The van der Waals surface area contributed by atoms with Gasteiger partial charge in [-0.1, -0.05) is 71.0 Å². The minimum Gasteiger partial charge on any atom is -0.255 e. The molecule has 0 bridgehead atoms. The van der Waals surface area contributed by atoms with E-state index in [9.17, 15) is 0 Å². The summed E-state index contributed by atoms with van der Waals surface area (Å²) >= 11 is 3.80. The van der Waals surface area contributed by atoms with Gasteiger partial charge in [0.2, 0.25) is 0 Å². The molecule has 3 heteroatoms. The van der Waals surface area contributed by atoms with Crippen molar-refractivity contribution in [2.45, 2.75) is 53.4 Å². The van der Waals surface area contributed by atoms with Gasteiger partial charge in [-0.05, 0) is 93.2 Å². The van der Waals surface area contributed by atoms with Crippen molar-refractivity contribution in [1.82, 2.24) is 4.98 Å². The largest absolute Gasteiger partial charge is 0.255 e. The fraction of sp³-hybridized carbons (Fsp3) is 0.265. The van der Waals surface area contributed by atoms with Crippen LogP contribution in [0.5, 0.6) is 0 Å². The predicted molar refractivity (Wildman–Crippen MR) is 165 cm³/mol. The van der Waals surface area contributed by atoms with E-state index in [1.165, 1.54) is 63.0 Å². The Labute approximate surface area is 227 Å². The Kier molecular flexibility index (Phi) is 5.97. The molecule has 0 N–H and O–H groups in total. The Morgan fingerprint density at radius 1 is 0.811 bits per heavy atom. The van der Waals surface area contributed by atoms with Crippen molar-refractivity contribution in [2.75, 3.05) is 0 Å². The van der Waals surface area contributed by atoms with Crippen LogP contribution in [0.3, 0.4) is 0 Å². The van der Waals surface area contributed by atoms with Crippen molar-refractivity contribution >= 4 is 53.6 Å². The third kappa shape index (κ3) is 4.39. The Hall–Kier alpha value is -3.01. The number of hydrogen-bond donors (Lipinski definition) is 0. The normalized spacial score (nSPS) is 12.4. The molecule has 6 aromatic rings. The maximum absolute atomic E-state index is 4.92. The highest BCUT2D eigenvalue weighted by Gasteiger charge is 2.20. The minimum absolute atomic E-state index is 0.0484. The first kappa shape index (κ1) is 24.3. The molecule has 0 atom stereocenters. The minimum atomic E-state index is 0.0484. The van der Waals surface area contributed by atoms with Crippen molar-refractivity contribution in [3.8, 4) is 21.7 Å². The summed E-state index contributed by atoms with van der Waals surface area (Å²) in [6.45, 7) is 13.8. The van der Waals surface area contributed by atoms with Gasteiger partial charge >= 0.3 is 0 Å². The van der Waals surface area contributed by atoms with Gasteiger partial charge in [0.1, 0.15) is 0 Å². The first-order valence-electron chi connectivity index (χ1n) is 13.1. The number of pyridine rings is 1. The molecule has 3 aromatic heterocycles. The van der Waals surface area contributed by atoms with E-state index in [0.29, 0.717) is 5.92 Å². The van der Waals surface area contributed by atoms with Crippen LogP contribution >= 0.6 is 22.7 Å². The fourth-order valence-corrected chi connectivity index (χ4v) is 7.76. The van der Waals surface area contributed by atoms with E-state index in [1.54, 1.807) is 0 Å². The second-order valence-electron chi connectivity index (χ2n) is 11.6. The van der Waals surface area contributed by atoms with Crippen LogP contribution in [0.25, 0.3) is 52.6 Å². The molecule has 0 unspecified atom stereocenters. The van der Waals surface area contributed by atoms with E-state index in [1.807, 2.05) is 28.9 Å². The Morgan fingerprint density at radius 2 is 1.62 bits per heavy atom. The zero-order chi connectivity index (χ0) is 25.9. The molecule has 1 nitrogen and oxygen atoms in total. The lowest BCUT2D eigenvalue weighted by Gasteiger charge is -2.22. The number of aromatic nitrogens is 1. The van der Waals surface area contributed by atoms with Crippen molar-refractivity contribution in [2.24, 2.45) is 5.92 Å². The molecule has 0 aliphatic rings. The van der Waals surface area contributed by atoms with Crippen LogP contribution in [-0.4, -0.2) is 4.98 Å². The van der Waals surface area contributed by atoms with E-state index in [2.05, 4.69) is 108 Å². The van der Waals surface area contributed by atoms with Gasteiger partial charge in [-0.2, -0.15) is 0 Å². The van der Waals surface area contributed by atoms with Gasteiger partial charge < -0.3 is 0 Å². The Morgan fingerprint density at radius 3 is 2.41 bits per heavy atom. The van der Waals surface area contributed by atoms with E-state index >= 15 is 0 Å². The molecule has 186 valence electrons. The summed E-state index contributed by atoms with van der Waals surface area (Å²) in [6.07, 6.45) is 3.11. The van der Waals surface area contributed by atoms with Crippen LogP contribution < -0.4 is 0 Å². The first-order valence-corrected chi connectivity index (χ1v) is 14.8. The van der Waals surface area contributed by atoms with Crippen LogP contribution in [0.4, 0.5) is 0 Å². The Bertz CT molecular complexity index is 1780. The van der Waals surface area contributed by atoms with Crippen molar-refractivity contribution < 1.29 is 0 Å². The molecular formula is C34H33NS2. The topological polar surface area (TPSA) is 12.9 Å². The first-order chi connectivity index (χ1) is 17.7. The van der Waals surface area contributed by atoms with Gasteiger partial charge in [0.25, 0.3) is 0 Å². The van der Waals surface area contributed by atoms with Gasteiger partial charge in [-0.3, -0.25) is 4.98 Å².